The Kier molecular flexibility index (Phi) is 5.29. The highest BCUT2D eigenvalue weighted by Crippen LogP contribution is 2.31. The zero-order valence-electron chi connectivity index (χ0n) is 17.3. The lowest BCUT2D eigenvalue weighted by Crippen LogP contribution is -2.13. The van der Waals surface area contributed by atoms with E-state index in [0.717, 1.165) is 33.5 Å². The standard InChI is InChI=1S/C25H20ClN3O3/c1-31-18-12-8-16(9-13-18)22-14-21(29-32-22)15-6-10-17(11-7-15)27-25(30)24-23(26)19-4-2-3-5-20(19)28-24/h2-13,22,28H,14H2,1H3,(H,27,30). The normalized spacial score (nSPS) is 15.3. The van der Waals surface area contributed by atoms with Gasteiger partial charge in [0.2, 0.25) is 0 Å². The molecule has 1 aliphatic heterocycles. The molecule has 0 fully saturated rings. The van der Waals surface area contributed by atoms with Crippen LogP contribution in [0, 0.1) is 0 Å². The van der Waals surface area contributed by atoms with E-state index < -0.39 is 0 Å². The number of H-pyrrole nitrogens is 1. The van der Waals surface area contributed by atoms with E-state index in [-0.39, 0.29) is 12.0 Å². The third-order valence-electron chi connectivity index (χ3n) is 5.50. The largest absolute Gasteiger partial charge is 0.497 e. The fourth-order valence-electron chi connectivity index (χ4n) is 3.75. The molecule has 7 heteroatoms. The van der Waals surface area contributed by atoms with E-state index in [0.29, 0.717) is 22.8 Å². The molecule has 32 heavy (non-hydrogen) atoms. The van der Waals surface area contributed by atoms with Gasteiger partial charge in [0, 0.05) is 23.0 Å². The Labute approximate surface area is 189 Å². The molecular formula is C25H20ClN3O3. The Bertz CT molecular complexity index is 1310. The number of nitrogens with zero attached hydrogens (tertiary/aromatic N) is 1. The van der Waals surface area contributed by atoms with Crippen LogP contribution in [0.2, 0.25) is 5.02 Å². The van der Waals surface area contributed by atoms with Gasteiger partial charge in [-0.3, -0.25) is 4.79 Å². The number of amides is 1. The average Bonchev–Trinajstić information content (AvgIpc) is 3.45. The molecule has 0 saturated heterocycles. The summed E-state index contributed by atoms with van der Waals surface area (Å²) in [6, 6.07) is 22.8. The van der Waals surface area contributed by atoms with E-state index >= 15 is 0 Å². The maximum absolute atomic E-state index is 12.7. The number of fused-ring (bicyclic) bond motifs is 1. The number of benzene rings is 3. The van der Waals surface area contributed by atoms with Crippen molar-refractivity contribution in [2.24, 2.45) is 5.16 Å². The van der Waals surface area contributed by atoms with Gasteiger partial charge in [0.05, 0.1) is 17.8 Å². The van der Waals surface area contributed by atoms with Gasteiger partial charge in [-0.25, -0.2) is 0 Å². The molecule has 0 bridgehead atoms. The second-order valence-corrected chi connectivity index (χ2v) is 7.88. The zero-order chi connectivity index (χ0) is 22.1. The third-order valence-corrected chi connectivity index (χ3v) is 5.89. The first-order valence-electron chi connectivity index (χ1n) is 10.2. The number of halogens is 1. The Hall–Kier alpha value is -3.77. The summed E-state index contributed by atoms with van der Waals surface area (Å²) in [5.41, 5.74) is 4.69. The number of aromatic nitrogens is 1. The topological polar surface area (TPSA) is 75.7 Å². The first-order valence-corrected chi connectivity index (χ1v) is 10.5. The lowest BCUT2D eigenvalue weighted by atomic mass is 10.00. The van der Waals surface area contributed by atoms with Crippen molar-refractivity contribution in [3.8, 4) is 5.75 Å². The summed E-state index contributed by atoms with van der Waals surface area (Å²) in [7, 11) is 1.64. The summed E-state index contributed by atoms with van der Waals surface area (Å²) in [5.74, 6) is 0.513. The highest BCUT2D eigenvalue weighted by Gasteiger charge is 2.24. The van der Waals surface area contributed by atoms with Crippen LogP contribution in [-0.2, 0) is 4.84 Å². The Morgan fingerprint density at radius 2 is 1.84 bits per heavy atom. The van der Waals surface area contributed by atoms with Crippen molar-refractivity contribution in [1.82, 2.24) is 4.98 Å². The maximum atomic E-state index is 12.7. The molecule has 2 heterocycles. The first-order chi connectivity index (χ1) is 15.6. The average molecular weight is 446 g/mol. The molecule has 1 unspecified atom stereocenters. The quantitative estimate of drug-likeness (QED) is 0.398. The molecule has 0 radical (unpaired) electrons. The number of nitrogens with one attached hydrogen (secondary N) is 2. The van der Waals surface area contributed by atoms with Crippen molar-refractivity contribution < 1.29 is 14.4 Å². The second-order valence-electron chi connectivity index (χ2n) is 7.50. The molecule has 0 spiro atoms. The number of aromatic amines is 1. The van der Waals surface area contributed by atoms with Crippen LogP contribution in [0.15, 0.2) is 78.0 Å². The van der Waals surface area contributed by atoms with Crippen LogP contribution in [0.25, 0.3) is 10.9 Å². The molecule has 1 aromatic heterocycles. The monoisotopic (exact) mass is 445 g/mol. The summed E-state index contributed by atoms with van der Waals surface area (Å²) in [6.45, 7) is 0. The summed E-state index contributed by atoms with van der Waals surface area (Å²) >= 11 is 6.38. The van der Waals surface area contributed by atoms with Gasteiger partial charge in [-0.05, 0) is 41.5 Å². The van der Waals surface area contributed by atoms with Crippen LogP contribution < -0.4 is 10.1 Å². The summed E-state index contributed by atoms with van der Waals surface area (Å²) in [4.78, 5) is 21.4. The van der Waals surface area contributed by atoms with Gasteiger partial charge < -0.3 is 19.9 Å². The number of rotatable bonds is 5. The minimum atomic E-state index is -0.292. The van der Waals surface area contributed by atoms with E-state index in [1.165, 1.54) is 0 Å². The fraction of sp³-hybridized carbons (Fsp3) is 0.120. The van der Waals surface area contributed by atoms with Crippen molar-refractivity contribution in [1.29, 1.82) is 0 Å². The van der Waals surface area contributed by atoms with Gasteiger partial charge in [-0.2, -0.15) is 0 Å². The van der Waals surface area contributed by atoms with Gasteiger partial charge in [-0.15, -0.1) is 0 Å². The second kappa shape index (κ2) is 8.40. The van der Waals surface area contributed by atoms with Crippen molar-refractivity contribution in [3.05, 3.63) is 94.6 Å². The van der Waals surface area contributed by atoms with Gasteiger partial charge in [0.1, 0.15) is 11.4 Å². The van der Waals surface area contributed by atoms with Gasteiger partial charge in [-0.1, -0.05) is 59.2 Å². The molecule has 0 aliphatic carbocycles. The predicted octanol–water partition coefficient (Wildman–Crippen LogP) is 5.95. The first kappa shape index (κ1) is 20.2. The van der Waals surface area contributed by atoms with E-state index in [1.54, 1.807) is 7.11 Å². The minimum absolute atomic E-state index is 0.126. The minimum Gasteiger partial charge on any atom is -0.497 e. The van der Waals surface area contributed by atoms with Crippen LogP contribution in [0.3, 0.4) is 0 Å². The maximum Gasteiger partial charge on any atom is 0.273 e. The van der Waals surface area contributed by atoms with E-state index in [4.69, 9.17) is 21.2 Å². The number of ether oxygens (including phenoxy) is 1. The summed E-state index contributed by atoms with van der Waals surface area (Å²) in [6.07, 6.45) is 0.544. The van der Waals surface area contributed by atoms with E-state index in [1.807, 2.05) is 72.8 Å². The summed E-state index contributed by atoms with van der Waals surface area (Å²) < 4.78 is 5.20. The van der Waals surface area contributed by atoms with Crippen molar-refractivity contribution in [2.45, 2.75) is 12.5 Å². The number of hydrogen-bond acceptors (Lipinski definition) is 4. The van der Waals surface area contributed by atoms with E-state index in [9.17, 15) is 4.79 Å². The van der Waals surface area contributed by atoms with Crippen molar-refractivity contribution >= 4 is 39.8 Å². The number of para-hydroxylation sites is 1. The van der Waals surface area contributed by atoms with Crippen LogP contribution >= 0.6 is 11.6 Å². The number of methoxy groups -OCH3 is 1. The van der Waals surface area contributed by atoms with Crippen molar-refractivity contribution in [3.63, 3.8) is 0 Å². The number of carbonyl (C=O) groups excluding carboxylic acids is 1. The highest BCUT2D eigenvalue weighted by molar-refractivity contribution is 6.39. The predicted molar refractivity (Wildman–Crippen MR) is 126 cm³/mol. The molecule has 4 aromatic rings. The van der Waals surface area contributed by atoms with Crippen LogP contribution in [-0.4, -0.2) is 23.7 Å². The third kappa shape index (κ3) is 3.81. The SMILES string of the molecule is COc1ccc(C2CC(c3ccc(NC(=O)c4[nH]c5ccccc5c4Cl)cc3)=NO2)cc1. The number of carbonyl (C=O) groups is 1. The molecule has 3 aromatic carbocycles. The lowest BCUT2D eigenvalue weighted by Gasteiger charge is -2.09. The number of oxime groups is 1. The smallest absolute Gasteiger partial charge is 0.273 e. The van der Waals surface area contributed by atoms with Crippen LogP contribution in [0.5, 0.6) is 5.75 Å². The van der Waals surface area contributed by atoms with Crippen LogP contribution in [0.4, 0.5) is 5.69 Å². The highest BCUT2D eigenvalue weighted by atomic mass is 35.5. The molecule has 2 N–H and O–H groups in total. The molecule has 1 atom stereocenters. The Balaban J connectivity index is 1.26. The molecule has 1 amide bonds. The van der Waals surface area contributed by atoms with Crippen LogP contribution in [0.1, 0.15) is 34.1 Å². The van der Waals surface area contributed by atoms with Crippen molar-refractivity contribution in [2.75, 3.05) is 12.4 Å². The number of anilines is 1. The summed E-state index contributed by atoms with van der Waals surface area (Å²) in [5, 5.41) is 8.38. The molecule has 5 rings (SSSR count). The molecular weight excluding hydrogens is 426 g/mol. The lowest BCUT2D eigenvalue weighted by molar-refractivity contribution is 0.0857. The number of hydrogen-bond donors (Lipinski definition) is 2. The van der Waals surface area contributed by atoms with E-state index in [2.05, 4.69) is 15.5 Å². The van der Waals surface area contributed by atoms with Gasteiger partial charge in [0.15, 0.2) is 6.10 Å². The Morgan fingerprint density at radius 1 is 1.09 bits per heavy atom. The Morgan fingerprint density at radius 3 is 2.56 bits per heavy atom. The molecule has 1 aliphatic rings. The molecule has 6 nitrogen and oxygen atoms in total. The van der Waals surface area contributed by atoms with Gasteiger partial charge in [0.25, 0.3) is 5.91 Å². The molecule has 160 valence electrons. The zero-order valence-corrected chi connectivity index (χ0v) is 18.0. The molecule has 0 saturated carbocycles. The van der Waals surface area contributed by atoms with Gasteiger partial charge >= 0.3 is 0 Å². The fourth-order valence-corrected chi connectivity index (χ4v) is 4.05.